The van der Waals surface area contributed by atoms with Gasteiger partial charge in [-0.15, -0.1) is 0 Å². The van der Waals surface area contributed by atoms with Gasteiger partial charge in [0.25, 0.3) is 5.56 Å². The van der Waals surface area contributed by atoms with E-state index < -0.39 is 41.1 Å². The third-order valence-electron chi connectivity index (χ3n) is 7.73. The Kier molecular flexibility index (Phi) is 8.42. The number of H-pyrrole nitrogens is 1. The summed E-state index contributed by atoms with van der Waals surface area (Å²) in [5.41, 5.74) is 0.954. The van der Waals surface area contributed by atoms with Crippen molar-refractivity contribution < 1.29 is 18.6 Å². The lowest BCUT2D eigenvalue weighted by Crippen LogP contribution is -2.38. The fraction of sp³-hybridized carbons (Fsp3) is 0.200. The zero-order chi connectivity index (χ0) is 29.6. The maximum Gasteiger partial charge on any atom is 0.330 e. The zero-order valence-electron chi connectivity index (χ0n) is 23.3. The maximum absolute atomic E-state index is 14.2. The van der Waals surface area contributed by atoms with Gasteiger partial charge in [-0.05, 0) is 22.3 Å². The van der Waals surface area contributed by atoms with Crippen LogP contribution in [0.4, 0.5) is 4.39 Å². The maximum atomic E-state index is 14.2. The van der Waals surface area contributed by atoms with Gasteiger partial charge in [-0.1, -0.05) is 121 Å². The molecule has 43 heavy (non-hydrogen) atoms. The summed E-state index contributed by atoms with van der Waals surface area (Å²) < 4.78 is 35.0. The zero-order valence-corrected chi connectivity index (χ0v) is 23.3. The van der Waals surface area contributed by atoms with Crippen molar-refractivity contribution in [2.45, 2.75) is 37.1 Å². The van der Waals surface area contributed by atoms with Crippen LogP contribution in [0.25, 0.3) is 0 Å². The number of aromatic nitrogens is 2. The monoisotopic (exact) mass is 578 g/mol. The van der Waals surface area contributed by atoms with Crippen LogP contribution in [0.2, 0.25) is 0 Å². The number of aromatic amines is 1. The fourth-order valence-corrected chi connectivity index (χ4v) is 5.62. The predicted octanol–water partition coefficient (Wildman–Crippen LogP) is 5.56. The number of benzene rings is 4. The lowest BCUT2D eigenvalue weighted by atomic mass is 9.80. The summed E-state index contributed by atoms with van der Waals surface area (Å²) in [7, 11) is 0. The van der Waals surface area contributed by atoms with Gasteiger partial charge in [0.05, 0.1) is 25.5 Å². The quantitative estimate of drug-likeness (QED) is 0.220. The molecule has 5 aromatic rings. The van der Waals surface area contributed by atoms with Crippen LogP contribution in [0.3, 0.4) is 0 Å². The second-order valence-corrected chi connectivity index (χ2v) is 10.4. The van der Waals surface area contributed by atoms with Gasteiger partial charge < -0.3 is 14.2 Å². The molecule has 8 heteroatoms. The molecular weight excluding hydrogens is 547 g/mol. The first-order valence-electron chi connectivity index (χ1n) is 14.2. The standard InChI is InChI=1S/C35H31FN2O5/c36-29-22-38(34(40)37-33(29)39)32-21-30(41-23-25-13-5-1-6-14-25)31(43-32)24-42-35(26-15-7-2-8-16-26,27-17-9-3-10-18-27)28-19-11-4-12-20-28/h1-20,22,30-32H,21,23-24H2,(H,37,39,40)/t30-,31+,32+/m0/s1. The largest absolute Gasteiger partial charge is 0.371 e. The van der Waals surface area contributed by atoms with E-state index in [4.69, 9.17) is 14.2 Å². The number of hydrogen-bond acceptors (Lipinski definition) is 5. The van der Waals surface area contributed by atoms with Crippen molar-refractivity contribution in [2.75, 3.05) is 6.61 Å². The van der Waals surface area contributed by atoms with Crippen LogP contribution in [0, 0.1) is 5.82 Å². The second-order valence-electron chi connectivity index (χ2n) is 10.4. The summed E-state index contributed by atoms with van der Waals surface area (Å²) in [6.07, 6.45) is -0.849. The van der Waals surface area contributed by atoms with E-state index in [2.05, 4.69) is 0 Å². The van der Waals surface area contributed by atoms with E-state index >= 15 is 0 Å². The van der Waals surface area contributed by atoms with E-state index in [1.54, 1.807) is 0 Å². The molecule has 1 N–H and O–H groups in total. The summed E-state index contributed by atoms with van der Waals surface area (Å²) in [4.78, 5) is 26.3. The number of rotatable bonds is 10. The minimum atomic E-state index is -1.07. The molecule has 4 aromatic carbocycles. The van der Waals surface area contributed by atoms with Crippen LogP contribution in [0.1, 0.15) is 34.9 Å². The molecule has 218 valence electrons. The Morgan fingerprint density at radius 3 is 1.84 bits per heavy atom. The molecule has 0 unspecified atom stereocenters. The third-order valence-corrected chi connectivity index (χ3v) is 7.73. The molecule has 0 bridgehead atoms. The molecule has 6 rings (SSSR count). The number of hydrogen-bond donors (Lipinski definition) is 1. The number of ether oxygens (including phenoxy) is 3. The summed E-state index contributed by atoms with van der Waals surface area (Å²) in [6, 6.07) is 39.7. The van der Waals surface area contributed by atoms with Crippen molar-refractivity contribution in [2.24, 2.45) is 0 Å². The van der Waals surface area contributed by atoms with Gasteiger partial charge in [0.15, 0.2) is 0 Å². The van der Waals surface area contributed by atoms with Crippen molar-refractivity contribution in [1.82, 2.24) is 9.55 Å². The van der Waals surface area contributed by atoms with Gasteiger partial charge in [0, 0.05) is 6.42 Å². The first kappa shape index (κ1) is 28.5. The van der Waals surface area contributed by atoms with E-state index in [0.717, 1.165) is 33.0 Å². The minimum absolute atomic E-state index is 0.0925. The summed E-state index contributed by atoms with van der Waals surface area (Å²) in [5, 5.41) is 0. The normalized spacial score (nSPS) is 18.5. The molecule has 7 nitrogen and oxygen atoms in total. The molecule has 1 aliphatic rings. The van der Waals surface area contributed by atoms with Gasteiger partial charge in [0.1, 0.15) is 17.9 Å². The van der Waals surface area contributed by atoms with Gasteiger partial charge in [-0.25, -0.2) is 4.79 Å². The second kappa shape index (κ2) is 12.7. The summed E-state index contributed by atoms with van der Waals surface area (Å²) >= 11 is 0. The highest BCUT2D eigenvalue weighted by Gasteiger charge is 2.43. The minimum Gasteiger partial charge on any atom is -0.371 e. The van der Waals surface area contributed by atoms with Crippen molar-refractivity contribution in [3.8, 4) is 0 Å². The average molecular weight is 579 g/mol. The van der Waals surface area contributed by atoms with E-state index in [1.165, 1.54) is 0 Å². The SMILES string of the molecule is O=c1[nH]c(=O)n([C@H]2C[C@H](OCc3ccccc3)[C@@H](COC(c3ccccc3)(c3ccccc3)c3ccccc3)O2)cc1F. The molecule has 0 aliphatic carbocycles. The lowest BCUT2D eigenvalue weighted by molar-refractivity contribution is -0.106. The molecule has 0 spiro atoms. The molecule has 1 aliphatic heterocycles. The molecule has 1 aromatic heterocycles. The van der Waals surface area contributed by atoms with Crippen molar-refractivity contribution >= 4 is 0 Å². The van der Waals surface area contributed by atoms with Gasteiger partial charge in [-0.3, -0.25) is 14.3 Å². The summed E-state index contributed by atoms with van der Waals surface area (Å²) in [6.45, 7) is 0.406. The van der Waals surface area contributed by atoms with Gasteiger partial charge in [0.2, 0.25) is 5.82 Å². The van der Waals surface area contributed by atoms with Crippen LogP contribution >= 0.6 is 0 Å². The van der Waals surface area contributed by atoms with Crippen LogP contribution in [-0.4, -0.2) is 28.4 Å². The number of halogens is 1. The molecule has 1 saturated heterocycles. The van der Waals surface area contributed by atoms with Crippen LogP contribution in [0.15, 0.2) is 137 Å². The Morgan fingerprint density at radius 1 is 0.791 bits per heavy atom. The third kappa shape index (κ3) is 5.99. The lowest BCUT2D eigenvalue weighted by Gasteiger charge is -2.37. The fourth-order valence-electron chi connectivity index (χ4n) is 5.62. The molecule has 0 radical (unpaired) electrons. The van der Waals surface area contributed by atoms with Crippen LogP contribution in [0.5, 0.6) is 0 Å². The Morgan fingerprint density at radius 2 is 1.30 bits per heavy atom. The highest BCUT2D eigenvalue weighted by Crippen LogP contribution is 2.42. The first-order valence-corrected chi connectivity index (χ1v) is 14.2. The number of nitrogens with one attached hydrogen (secondary N) is 1. The Hall–Kier alpha value is -4.63. The molecule has 0 saturated carbocycles. The highest BCUT2D eigenvalue weighted by molar-refractivity contribution is 5.47. The van der Waals surface area contributed by atoms with Crippen LogP contribution < -0.4 is 11.2 Å². The number of nitrogens with zero attached hydrogens (tertiary/aromatic N) is 1. The predicted molar refractivity (Wildman–Crippen MR) is 160 cm³/mol. The molecular formula is C35H31FN2O5. The van der Waals surface area contributed by atoms with Crippen molar-refractivity contribution in [1.29, 1.82) is 0 Å². The summed E-state index contributed by atoms with van der Waals surface area (Å²) in [5.74, 6) is -1.07. The molecule has 1 fully saturated rings. The van der Waals surface area contributed by atoms with E-state index in [-0.39, 0.29) is 13.0 Å². The van der Waals surface area contributed by atoms with E-state index in [9.17, 15) is 14.0 Å². The first-order chi connectivity index (χ1) is 21.0. The smallest absolute Gasteiger partial charge is 0.330 e. The van der Waals surface area contributed by atoms with Crippen molar-refractivity contribution in [3.05, 3.63) is 176 Å². The Balaban J connectivity index is 1.37. The topological polar surface area (TPSA) is 82.6 Å². The Bertz CT molecular complexity index is 1650. The van der Waals surface area contributed by atoms with E-state index in [0.29, 0.717) is 6.61 Å². The molecule has 2 heterocycles. The van der Waals surface area contributed by atoms with Gasteiger partial charge in [-0.2, -0.15) is 4.39 Å². The Labute approximate surface area is 248 Å². The average Bonchev–Trinajstić information content (AvgIpc) is 3.47. The molecule has 3 atom stereocenters. The van der Waals surface area contributed by atoms with Gasteiger partial charge >= 0.3 is 5.69 Å². The van der Waals surface area contributed by atoms with Crippen LogP contribution in [-0.2, 0) is 26.4 Å². The van der Waals surface area contributed by atoms with E-state index in [1.807, 2.05) is 126 Å². The molecule has 0 amide bonds. The van der Waals surface area contributed by atoms with Crippen molar-refractivity contribution in [3.63, 3.8) is 0 Å². The highest BCUT2D eigenvalue weighted by atomic mass is 19.1.